The van der Waals surface area contributed by atoms with Gasteiger partial charge in [-0.25, -0.2) is 0 Å². The lowest BCUT2D eigenvalue weighted by atomic mass is 10.1. The fraction of sp³-hybridized carbons (Fsp3) is 0.318. The third-order valence-electron chi connectivity index (χ3n) is 4.75. The van der Waals surface area contributed by atoms with Crippen molar-refractivity contribution in [3.05, 3.63) is 76.6 Å². The highest BCUT2D eigenvalue weighted by atomic mass is 16.5. The zero-order valence-electron chi connectivity index (χ0n) is 16.5. The average Bonchev–Trinajstić information content (AvgIpc) is 2.93. The van der Waals surface area contributed by atoms with Crippen LogP contribution in [0.5, 0.6) is 11.5 Å². The Labute approximate surface area is 160 Å². The van der Waals surface area contributed by atoms with E-state index < -0.39 is 0 Å². The van der Waals surface area contributed by atoms with Crippen LogP contribution < -0.4 is 14.8 Å². The number of ether oxygens (including phenoxy) is 2. The van der Waals surface area contributed by atoms with E-state index in [1.807, 2.05) is 61.1 Å². The van der Waals surface area contributed by atoms with Crippen molar-refractivity contribution in [3.8, 4) is 11.5 Å². The molecule has 0 atom stereocenters. The number of aryl methyl sites for hydroxylation is 2. The van der Waals surface area contributed by atoms with Crippen molar-refractivity contribution in [1.82, 2.24) is 15.1 Å². The molecule has 0 fully saturated rings. The van der Waals surface area contributed by atoms with Crippen LogP contribution in [0.15, 0.2) is 48.5 Å². The molecule has 0 saturated carbocycles. The molecule has 0 bridgehead atoms. The zero-order chi connectivity index (χ0) is 19.2. The monoisotopic (exact) mass is 365 g/mol. The van der Waals surface area contributed by atoms with E-state index in [0.717, 1.165) is 41.4 Å². The average molecular weight is 365 g/mol. The smallest absolute Gasteiger partial charge is 0.161 e. The second kappa shape index (κ2) is 8.73. The van der Waals surface area contributed by atoms with Gasteiger partial charge in [-0.15, -0.1) is 0 Å². The van der Waals surface area contributed by atoms with Crippen LogP contribution in [0.2, 0.25) is 0 Å². The lowest BCUT2D eigenvalue weighted by molar-refractivity contribution is 0.284. The predicted octanol–water partition coefficient (Wildman–Crippen LogP) is 3.91. The van der Waals surface area contributed by atoms with Gasteiger partial charge in [0.2, 0.25) is 0 Å². The molecule has 3 aromatic rings. The first kappa shape index (κ1) is 19.0. The molecular formula is C22H27N3O2. The number of nitrogens with zero attached hydrogens (tertiary/aromatic N) is 2. The quantitative estimate of drug-likeness (QED) is 0.657. The topological polar surface area (TPSA) is 48.3 Å². The number of methoxy groups -OCH3 is 1. The number of nitrogens with one attached hydrogen (secondary N) is 1. The van der Waals surface area contributed by atoms with Gasteiger partial charge < -0.3 is 14.8 Å². The summed E-state index contributed by atoms with van der Waals surface area (Å²) in [5.74, 6) is 1.50. The van der Waals surface area contributed by atoms with E-state index in [1.165, 1.54) is 11.3 Å². The molecule has 0 unspecified atom stereocenters. The van der Waals surface area contributed by atoms with Gasteiger partial charge >= 0.3 is 0 Å². The van der Waals surface area contributed by atoms with Crippen molar-refractivity contribution >= 4 is 0 Å². The van der Waals surface area contributed by atoms with Crippen LogP contribution in [0, 0.1) is 13.8 Å². The molecule has 1 heterocycles. The minimum Gasteiger partial charge on any atom is -0.493 e. The Morgan fingerprint density at radius 1 is 0.963 bits per heavy atom. The number of hydrogen-bond donors (Lipinski definition) is 1. The fourth-order valence-corrected chi connectivity index (χ4v) is 3.08. The van der Waals surface area contributed by atoms with Crippen LogP contribution in [0.4, 0.5) is 0 Å². The Morgan fingerprint density at radius 3 is 2.41 bits per heavy atom. The Morgan fingerprint density at radius 2 is 1.74 bits per heavy atom. The number of aromatic nitrogens is 2. The van der Waals surface area contributed by atoms with Crippen LogP contribution >= 0.6 is 0 Å². The molecule has 0 saturated heterocycles. The van der Waals surface area contributed by atoms with Crippen LogP contribution in [0.1, 0.15) is 28.1 Å². The van der Waals surface area contributed by atoms with Crippen molar-refractivity contribution < 1.29 is 9.47 Å². The number of rotatable bonds is 8. The molecule has 142 valence electrons. The Kier molecular flexibility index (Phi) is 6.14. The molecular weight excluding hydrogens is 338 g/mol. The highest BCUT2D eigenvalue weighted by molar-refractivity contribution is 5.43. The molecule has 27 heavy (non-hydrogen) atoms. The second-order valence-electron chi connectivity index (χ2n) is 6.64. The molecule has 3 rings (SSSR count). The van der Waals surface area contributed by atoms with E-state index in [0.29, 0.717) is 6.61 Å². The van der Waals surface area contributed by atoms with Crippen LogP contribution in [0.3, 0.4) is 0 Å². The normalized spacial score (nSPS) is 10.8. The first-order valence-electron chi connectivity index (χ1n) is 9.12. The summed E-state index contributed by atoms with van der Waals surface area (Å²) in [6, 6.07) is 16.2. The summed E-state index contributed by atoms with van der Waals surface area (Å²) in [5, 5.41) is 7.95. The molecule has 5 heteroatoms. The van der Waals surface area contributed by atoms with Crippen LogP contribution in [0.25, 0.3) is 0 Å². The summed E-state index contributed by atoms with van der Waals surface area (Å²) in [5.41, 5.74) is 5.81. The van der Waals surface area contributed by atoms with E-state index in [9.17, 15) is 0 Å². The fourth-order valence-electron chi connectivity index (χ4n) is 3.08. The minimum atomic E-state index is 0.522. The van der Waals surface area contributed by atoms with Crippen molar-refractivity contribution in [2.45, 2.75) is 33.5 Å². The second-order valence-corrected chi connectivity index (χ2v) is 6.64. The highest BCUT2D eigenvalue weighted by Gasteiger charge is 2.10. The molecule has 5 nitrogen and oxygen atoms in total. The molecule has 0 aliphatic carbocycles. The highest BCUT2D eigenvalue weighted by Crippen LogP contribution is 2.29. The summed E-state index contributed by atoms with van der Waals surface area (Å²) in [4.78, 5) is 0. The van der Waals surface area contributed by atoms with E-state index in [-0.39, 0.29) is 0 Å². The Hall–Kier alpha value is -2.79. The van der Waals surface area contributed by atoms with Crippen LogP contribution in [-0.4, -0.2) is 16.9 Å². The van der Waals surface area contributed by atoms with E-state index in [2.05, 4.69) is 23.4 Å². The summed E-state index contributed by atoms with van der Waals surface area (Å²) < 4.78 is 13.4. The van der Waals surface area contributed by atoms with Crippen molar-refractivity contribution in [3.63, 3.8) is 0 Å². The molecule has 0 amide bonds. The largest absolute Gasteiger partial charge is 0.493 e. The molecule has 0 aliphatic rings. The summed E-state index contributed by atoms with van der Waals surface area (Å²) in [7, 11) is 3.65. The van der Waals surface area contributed by atoms with Crippen LogP contribution in [-0.2, 0) is 26.7 Å². The van der Waals surface area contributed by atoms with E-state index >= 15 is 0 Å². The van der Waals surface area contributed by atoms with Crippen molar-refractivity contribution in [1.29, 1.82) is 0 Å². The standard InChI is InChI=1S/C22H27N3O2/c1-16-20(17(2)25(3)24-16)14-23-13-19-10-11-21(22(12-19)26-4)27-15-18-8-6-5-7-9-18/h5-12,23H,13-15H2,1-4H3. The summed E-state index contributed by atoms with van der Waals surface area (Å²) in [6.45, 7) is 6.21. The van der Waals surface area contributed by atoms with Gasteiger partial charge in [-0.3, -0.25) is 4.68 Å². The van der Waals surface area contributed by atoms with E-state index in [1.54, 1.807) is 7.11 Å². The number of hydrogen-bond acceptors (Lipinski definition) is 4. The predicted molar refractivity (Wildman–Crippen MR) is 107 cm³/mol. The van der Waals surface area contributed by atoms with Gasteiger partial charge in [0.1, 0.15) is 6.61 Å². The minimum absolute atomic E-state index is 0.522. The summed E-state index contributed by atoms with van der Waals surface area (Å²) >= 11 is 0. The SMILES string of the molecule is COc1cc(CNCc2c(C)nn(C)c2C)ccc1OCc1ccccc1. The Balaban J connectivity index is 1.60. The maximum Gasteiger partial charge on any atom is 0.161 e. The van der Waals surface area contributed by atoms with E-state index in [4.69, 9.17) is 9.47 Å². The van der Waals surface area contributed by atoms with Gasteiger partial charge in [0.15, 0.2) is 11.5 Å². The van der Waals surface area contributed by atoms with Gasteiger partial charge in [-0.05, 0) is 37.1 Å². The first-order chi connectivity index (χ1) is 13.1. The molecule has 0 spiro atoms. The lowest BCUT2D eigenvalue weighted by Crippen LogP contribution is -2.14. The van der Waals surface area contributed by atoms with Gasteiger partial charge in [-0.1, -0.05) is 36.4 Å². The summed E-state index contributed by atoms with van der Waals surface area (Å²) in [6.07, 6.45) is 0. The molecule has 2 aromatic carbocycles. The lowest BCUT2D eigenvalue weighted by Gasteiger charge is -2.13. The number of benzene rings is 2. The zero-order valence-corrected chi connectivity index (χ0v) is 16.5. The van der Waals surface area contributed by atoms with Crippen molar-refractivity contribution in [2.75, 3.05) is 7.11 Å². The Bertz CT molecular complexity index is 888. The third kappa shape index (κ3) is 4.68. The maximum absolute atomic E-state index is 5.92. The third-order valence-corrected chi connectivity index (χ3v) is 4.75. The van der Waals surface area contributed by atoms with Gasteiger partial charge in [0, 0.05) is 31.4 Å². The molecule has 1 aromatic heterocycles. The first-order valence-corrected chi connectivity index (χ1v) is 9.12. The van der Waals surface area contributed by atoms with Crippen molar-refractivity contribution in [2.24, 2.45) is 7.05 Å². The molecule has 0 aliphatic heterocycles. The van der Waals surface area contributed by atoms with Gasteiger partial charge in [0.25, 0.3) is 0 Å². The molecule has 1 N–H and O–H groups in total. The molecule has 0 radical (unpaired) electrons. The maximum atomic E-state index is 5.92. The van der Waals surface area contributed by atoms with Gasteiger partial charge in [0.05, 0.1) is 12.8 Å². The van der Waals surface area contributed by atoms with Gasteiger partial charge in [-0.2, -0.15) is 5.10 Å².